The fraction of sp³-hybridized carbons (Fsp3) is 0.190. The van der Waals surface area contributed by atoms with Gasteiger partial charge >= 0.3 is 0 Å². The number of aromatic nitrogens is 3. The Morgan fingerprint density at radius 3 is 2.83 bits per heavy atom. The van der Waals surface area contributed by atoms with Crippen LogP contribution >= 0.6 is 0 Å². The highest BCUT2D eigenvalue weighted by Crippen LogP contribution is 2.18. The standard InChI is InChI=1S/C21H21FN6O2/c1-3-30-20-7-5-15(9-25-20)18-11-24-12-19(27-18)21(29)28-26-10-16-8-14(13(2)23)4-6-17(16)22/h4-13H,3,23H2,1-2H3,(H,28,29)/b26-10+. The van der Waals surface area contributed by atoms with E-state index in [0.29, 0.717) is 23.7 Å². The average molecular weight is 408 g/mol. The maximum atomic E-state index is 13.9. The number of hydrazone groups is 1. The van der Waals surface area contributed by atoms with Crippen LogP contribution in [0.3, 0.4) is 0 Å². The molecule has 0 radical (unpaired) electrons. The molecule has 9 heteroatoms. The minimum Gasteiger partial charge on any atom is -0.478 e. The number of hydrogen-bond donors (Lipinski definition) is 2. The Balaban J connectivity index is 1.71. The topological polar surface area (TPSA) is 115 Å². The van der Waals surface area contributed by atoms with E-state index in [0.717, 1.165) is 5.56 Å². The Bertz CT molecular complexity index is 1050. The van der Waals surface area contributed by atoms with Gasteiger partial charge in [-0.2, -0.15) is 5.10 Å². The molecule has 1 amide bonds. The summed E-state index contributed by atoms with van der Waals surface area (Å²) in [5.41, 5.74) is 10.3. The van der Waals surface area contributed by atoms with Crippen molar-refractivity contribution in [3.63, 3.8) is 0 Å². The van der Waals surface area contributed by atoms with Gasteiger partial charge in [0.25, 0.3) is 5.91 Å². The molecule has 0 aliphatic heterocycles. The lowest BCUT2D eigenvalue weighted by Crippen LogP contribution is -2.19. The molecule has 0 fully saturated rings. The van der Waals surface area contributed by atoms with E-state index >= 15 is 0 Å². The second kappa shape index (κ2) is 9.66. The summed E-state index contributed by atoms with van der Waals surface area (Å²) in [6.07, 6.45) is 5.63. The fourth-order valence-electron chi connectivity index (χ4n) is 2.54. The first kappa shape index (κ1) is 21.0. The van der Waals surface area contributed by atoms with Crippen LogP contribution in [-0.2, 0) is 0 Å². The number of amides is 1. The number of benzene rings is 1. The third kappa shape index (κ3) is 5.21. The third-order valence-electron chi connectivity index (χ3n) is 4.11. The molecular weight excluding hydrogens is 387 g/mol. The molecule has 0 bridgehead atoms. The molecule has 30 heavy (non-hydrogen) atoms. The van der Waals surface area contributed by atoms with Gasteiger partial charge in [-0.15, -0.1) is 0 Å². The summed E-state index contributed by atoms with van der Waals surface area (Å²) in [5.74, 6) is -0.553. The molecule has 2 aromatic heterocycles. The van der Waals surface area contributed by atoms with Crippen LogP contribution < -0.4 is 15.9 Å². The third-order valence-corrected chi connectivity index (χ3v) is 4.11. The molecule has 0 spiro atoms. The maximum Gasteiger partial charge on any atom is 0.291 e. The first-order valence-electron chi connectivity index (χ1n) is 9.27. The van der Waals surface area contributed by atoms with Crippen LogP contribution in [0.5, 0.6) is 5.88 Å². The van der Waals surface area contributed by atoms with Gasteiger partial charge in [-0.3, -0.25) is 9.78 Å². The summed E-state index contributed by atoms with van der Waals surface area (Å²) in [4.78, 5) is 24.8. The molecule has 1 unspecified atom stereocenters. The van der Waals surface area contributed by atoms with Crippen molar-refractivity contribution in [2.24, 2.45) is 10.8 Å². The van der Waals surface area contributed by atoms with E-state index in [2.05, 4.69) is 25.5 Å². The predicted molar refractivity (Wildman–Crippen MR) is 110 cm³/mol. The fourth-order valence-corrected chi connectivity index (χ4v) is 2.54. The normalized spacial score (nSPS) is 12.0. The first-order valence-corrected chi connectivity index (χ1v) is 9.27. The Morgan fingerprint density at radius 1 is 1.30 bits per heavy atom. The van der Waals surface area contributed by atoms with Crippen molar-refractivity contribution < 1.29 is 13.9 Å². The van der Waals surface area contributed by atoms with E-state index in [9.17, 15) is 9.18 Å². The van der Waals surface area contributed by atoms with Gasteiger partial charge in [-0.25, -0.2) is 19.8 Å². The minimum atomic E-state index is -0.580. The van der Waals surface area contributed by atoms with Crippen molar-refractivity contribution in [1.29, 1.82) is 0 Å². The van der Waals surface area contributed by atoms with Crippen LogP contribution in [0.1, 0.15) is 41.5 Å². The molecule has 3 aromatic rings. The Kier molecular flexibility index (Phi) is 6.76. The van der Waals surface area contributed by atoms with E-state index in [1.54, 1.807) is 37.4 Å². The number of carbonyl (C=O) groups is 1. The van der Waals surface area contributed by atoms with Crippen molar-refractivity contribution in [3.05, 3.63) is 71.6 Å². The first-order chi connectivity index (χ1) is 14.5. The largest absolute Gasteiger partial charge is 0.478 e. The van der Waals surface area contributed by atoms with Gasteiger partial charge in [0, 0.05) is 29.4 Å². The highest BCUT2D eigenvalue weighted by molar-refractivity contribution is 5.93. The monoisotopic (exact) mass is 408 g/mol. The van der Waals surface area contributed by atoms with Crippen LogP contribution in [-0.4, -0.2) is 33.7 Å². The van der Waals surface area contributed by atoms with Crippen molar-refractivity contribution in [3.8, 4) is 17.1 Å². The Labute approximate surface area is 173 Å². The van der Waals surface area contributed by atoms with Crippen LogP contribution in [0.25, 0.3) is 11.3 Å². The number of rotatable bonds is 7. The Hall–Kier alpha value is -3.72. The molecular formula is C21H21FN6O2. The molecule has 0 aliphatic rings. The van der Waals surface area contributed by atoms with E-state index in [1.165, 1.54) is 24.7 Å². The highest BCUT2D eigenvalue weighted by atomic mass is 19.1. The lowest BCUT2D eigenvalue weighted by atomic mass is 10.1. The molecule has 2 heterocycles. The number of nitrogens with one attached hydrogen (secondary N) is 1. The number of ether oxygens (including phenoxy) is 1. The van der Waals surface area contributed by atoms with Gasteiger partial charge in [0.1, 0.15) is 11.5 Å². The molecule has 8 nitrogen and oxygen atoms in total. The SMILES string of the molecule is CCOc1ccc(-c2cncc(C(=O)N/N=C/c3cc(C(C)N)ccc3F)n2)cn1. The van der Waals surface area contributed by atoms with Gasteiger partial charge in [0.05, 0.1) is 30.9 Å². The maximum absolute atomic E-state index is 13.9. The predicted octanol–water partition coefficient (Wildman–Crippen LogP) is 2.86. The molecule has 0 saturated carbocycles. The van der Waals surface area contributed by atoms with Gasteiger partial charge in [-0.05, 0) is 37.6 Å². The number of pyridine rings is 1. The number of nitrogens with zero attached hydrogens (tertiary/aromatic N) is 4. The Morgan fingerprint density at radius 2 is 2.13 bits per heavy atom. The lowest BCUT2D eigenvalue weighted by Gasteiger charge is -2.07. The van der Waals surface area contributed by atoms with E-state index in [-0.39, 0.29) is 17.3 Å². The van der Waals surface area contributed by atoms with Crippen LogP contribution in [0.4, 0.5) is 4.39 Å². The summed E-state index contributed by atoms with van der Waals surface area (Å²) in [5, 5.41) is 3.81. The minimum absolute atomic E-state index is 0.0586. The summed E-state index contributed by atoms with van der Waals surface area (Å²) in [6, 6.07) is 7.73. The van der Waals surface area contributed by atoms with Crippen LogP contribution in [0.2, 0.25) is 0 Å². The smallest absolute Gasteiger partial charge is 0.291 e. The van der Waals surface area contributed by atoms with Crippen molar-refractivity contribution in [2.75, 3.05) is 6.61 Å². The van der Waals surface area contributed by atoms with Gasteiger partial charge in [-0.1, -0.05) is 6.07 Å². The van der Waals surface area contributed by atoms with Crippen molar-refractivity contribution in [1.82, 2.24) is 20.4 Å². The summed E-state index contributed by atoms with van der Waals surface area (Å²) >= 11 is 0. The summed E-state index contributed by atoms with van der Waals surface area (Å²) < 4.78 is 19.2. The number of carbonyl (C=O) groups excluding carboxylic acids is 1. The molecule has 154 valence electrons. The summed E-state index contributed by atoms with van der Waals surface area (Å²) in [6.45, 7) is 4.18. The summed E-state index contributed by atoms with van der Waals surface area (Å²) in [7, 11) is 0. The van der Waals surface area contributed by atoms with Gasteiger partial charge in [0.2, 0.25) is 5.88 Å². The van der Waals surface area contributed by atoms with E-state index < -0.39 is 11.7 Å². The number of halogens is 1. The molecule has 3 N–H and O–H groups in total. The molecule has 0 aliphatic carbocycles. The zero-order chi connectivity index (χ0) is 21.5. The molecule has 0 saturated heterocycles. The second-order valence-electron chi connectivity index (χ2n) is 6.38. The average Bonchev–Trinajstić information content (AvgIpc) is 2.75. The van der Waals surface area contributed by atoms with E-state index in [1.807, 2.05) is 6.92 Å². The second-order valence-corrected chi connectivity index (χ2v) is 6.38. The van der Waals surface area contributed by atoms with E-state index in [4.69, 9.17) is 10.5 Å². The zero-order valence-electron chi connectivity index (χ0n) is 16.5. The lowest BCUT2D eigenvalue weighted by molar-refractivity contribution is 0.0950. The molecule has 3 rings (SSSR count). The highest BCUT2D eigenvalue weighted by Gasteiger charge is 2.10. The van der Waals surface area contributed by atoms with Crippen LogP contribution in [0.15, 0.2) is 54.0 Å². The quantitative estimate of drug-likeness (QED) is 0.459. The van der Waals surface area contributed by atoms with Gasteiger partial charge < -0.3 is 10.5 Å². The zero-order valence-corrected chi connectivity index (χ0v) is 16.5. The van der Waals surface area contributed by atoms with Crippen molar-refractivity contribution in [2.45, 2.75) is 19.9 Å². The molecule has 1 atom stereocenters. The van der Waals surface area contributed by atoms with Crippen molar-refractivity contribution >= 4 is 12.1 Å². The number of hydrogen-bond acceptors (Lipinski definition) is 7. The molecule has 1 aromatic carbocycles. The van der Waals surface area contributed by atoms with Gasteiger partial charge in [0.15, 0.2) is 0 Å². The number of nitrogens with two attached hydrogens (primary N) is 1. The van der Waals surface area contributed by atoms with Crippen LogP contribution in [0, 0.1) is 5.82 Å².